The molecule has 1 atom stereocenters. The Labute approximate surface area is 206 Å². The first-order chi connectivity index (χ1) is 16.8. The molecular formula is C24H25ClFN3O6. The van der Waals surface area contributed by atoms with E-state index in [0.29, 0.717) is 47.6 Å². The number of hydroxylamine groups is 2. The van der Waals surface area contributed by atoms with Crippen molar-refractivity contribution in [3.8, 4) is 0 Å². The van der Waals surface area contributed by atoms with Gasteiger partial charge >= 0.3 is 6.09 Å². The number of ether oxygens (including phenoxy) is 2. The molecule has 2 aliphatic heterocycles. The van der Waals surface area contributed by atoms with Gasteiger partial charge in [-0.15, -0.1) is 0 Å². The number of cyclic esters (lactones) is 1. The van der Waals surface area contributed by atoms with Crippen molar-refractivity contribution in [1.82, 2.24) is 5.06 Å². The zero-order valence-electron chi connectivity index (χ0n) is 18.9. The number of hydrogen-bond acceptors (Lipinski definition) is 7. The molecule has 2 aliphatic rings. The number of ketones is 1. The summed E-state index contributed by atoms with van der Waals surface area (Å²) < 4.78 is 25.4. The maximum absolute atomic E-state index is 14.7. The van der Waals surface area contributed by atoms with Crippen LogP contribution in [0.4, 0.5) is 20.6 Å². The molecule has 186 valence electrons. The minimum Gasteiger partial charge on any atom is -0.442 e. The predicted octanol–water partition coefficient (Wildman–Crippen LogP) is 3.52. The fraction of sp³-hybridized carbons (Fsp3) is 0.375. The van der Waals surface area contributed by atoms with E-state index in [-0.39, 0.29) is 37.4 Å². The van der Waals surface area contributed by atoms with Crippen LogP contribution in [0.3, 0.4) is 0 Å². The van der Waals surface area contributed by atoms with Crippen molar-refractivity contribution in [1.29, 1.82) is 0 Å². The summed E-state index contributed by atoms with van der Waals surface area (Å²) in [6.45, 7) is 1.60. The summed E-state index contributed by atoms with van der Waals surface area (Å²) in [6.07, 6.45) is -1.84. The number of benzene rings is 2. The normalized spacial score (nSPS) is 17.9. The van der Waals surface area contributed by atoms with E-state index in [1.807, 2.05) is 4.90 Å². The number of rotatable bonds is 8. The van der Waals surface area contributed by atoms with Crippen molar-refractivity contribution in [3.63, 3.8) is 0 Å². The van der Waals surface area contributed by atoms with Crippen molar-refractivity contribution in [3.05, 3.63) is 58.9 Å². The maximum Gasteiger partial charge on any atom is 0.414 e. The summed E-state index contributed by atoms with van der Waals surface area (Å²) in [5.41, 5.74) is 1.05. The van der Waals surface area contributed by atoms with E-state index in [1.54, 1.807) is 30.3 Å². The van der Waals surface area contributed by atoms with Crippen LogP contribution in [0.25, 0.3) is 0 Å². The summed E-state index contributed by atoms with van der Waals surface area (Å²) >= 11 is 5.81. The van der Waals surface area contributed by atoms with Crippen LogP contribution >= 0.6 is 11.6 Å². The highest BCUT2D eigenvalue weighted by Crippen LogP contribution is 2.35. The molecule has 2 amide bonds. The lowest BCUT2D eigenvalue weighted by atomic mass is 10.1. The summed E-state index contributed by atoms with van der Waals surface area (Å²) in [6, 6.07) is 10.8. The van der Waals surface area contributed by atoms with E-state index in [9.17, 15) is 24.0 Å². The quantitative estimate of drug-likeness (QED) is 0.333. The molecule has 2 saturated heterocycles. The van der Waals surface area contributed by atoms with E-state index < -0.39 is 23.9 Å². The Morgan fingerprint density at radius 2 is 1.83 bits per heavy atom. The molecule has 0 aliphatic carbocycles. The molecular weight excluding hydrogens is 481 g/mol. The fourth-order valence-electron chi connectivity index (χ4n) is 4.06. The lowest BCUT2D eigenvalue weighted by Crippen LogP contribution is -2.39. The van der Waals surface area contributed by atoms with Crippen LogP contribution in [0.2, 0.25) is 5.02 Å². The molecule has 2 fully saturated rings. The Balaban J connectivity index is 1.35. The third kappa shape index (κ3) is 5.90. The molecule has 0 unspecified atom stereocenters. The van der Waals surface area contributed by atoms with Gasteiger partial charge in [0.1, 0.15) is 11.9 Å². The van der Waals surface area contributed by atoms with Crippen molar-refractivity contribution in [2.75, 3.05) is 49.2 Å². The first kappa shape index (κ1) is 24.9. The van der Waals surface area contributed by atoms with E-state index in [0.717, 1.165) is 0 Å². The second kappa shape index (κ2) is 11.0. The Morgan fingerprint density at radius 1 is 1.11 bits per heavy atom. The van der Waals surface area contributed by atoms with Crippen molar-refractivity contribution >= 4 is 40.8 Å². The van der Waals surface area contributed by atoms with Crippen LogP contribution in [0.1, 0.15) is 23.2 Å². The highest BCUT2D eigenvalue weighted by molar-refractivity contribution is 6.30. The second-order valence-corrected chi connectivity index (χ2v) is 8.67. The van der Waals surface area contributed by atoms with Gasteiger partial charge in [0, 0.05) is 36.5 Å². The van der Waals surface area contributed by atoms with Gasteiger partial charge < -0.3 is 14.4 Å². The Kier molecular flexibility index (Phi) is 7.84. The van der Waals surface area contributed by atoms with E-state index in [1.165, 1.54) is 17.0 Å². The largest absolute Gasteiger partial charge is 0.442 e. The molecule has 0 bridgehead atoms. The average Bonchev–Trinajstić information content (AvgIpc) is 3.22. The van der Waals surface area contributed by atoms with Gasteiger partial charge in [0.15, 0.2) is 5.78 Å². The standard InChI is InChI=1S/C24H25ClFN3O6/c25-17-6-4-16(5-7-17)21(30)8-9-22(31)29(33)15-18-14-28(24(32)35-18)20-3-1-2-19(26)23(20)27-10-12-34-13-11-27/h1-7,18,33H,8-15H2/t18-/m0/s1. The van der Waals surface area contributed by atoms with Gasteiger partial charge in [-0.2, -0.15) is 0 Å². The van der Waals surface area contributed by atoms with Crippen LogP contribution < -0.4 is 9.80 Å². The van der Waals surface area contributed by atoms with E-state index >= 15 is 0 Å². The van der Waals surface area contributed by atoms with Gasteiger partial charge in [-0.05, 0) is 36.4 Å². The SMILES string of the molecule is O=C(CCC(=O)N(O)C[C@@H]1CN(c2cccc(F)c2N2CCOCC2)C(=O)O1)c1ccc(Cl)cc1. The van der Waals surface area contributed by atoms with Crippen molar-refractivity contribution < 1.29 is 33.5 Å². The number of halogens is 2. The fourth-order valence-corrected chi connectivity index (χ4v) is 4.19. The molecule has 2 heterocycles. The zero-order valence-corrected chi connectivity index (χ0v) is 19.6. The van der Waals surface area contributed by atoms with Crippen molar-refractivity contribution in [2.24, 2.45) is 0 Å². The van der Waals surface area contributed by atoms with Crippen molar-refractivity contribution in [2.45, 2.75) is 18.9 Å². The predicted molar refractivity (Wildman–Crippen MR) is 126 cm³/mol. The molecule has 0 spiro atoms. The molecule has 0 saturated carbocycles. The number of carbonyl (C=O) groups is 3. The number of para-hydroxylation sites is 1. The number of hydrogen-bond donors (Lipinski definition) is 1. The minimum atomic E-state index is -0.829. The molecule has 11 heteroatoms. The third-order valence-electron chi connectivity index (χ3n) is 5.85. The summed E-state index contributed by atoms with van der Waals surface area (Å²) in [7, 11) is 0. The van der Waals surface area contributed by atoms with Crippen LogP contribution in [0, 0.1) is 5.82 Å². The molecule has 4 rings (SSSR count). The number of Topliss-reactive ketones (excluding diaryl/α,β-unsaturated/α-hetero) is 1. The van der Waals surface area contributed by atoms with E-state index in [2.05, 4.69) is 0 Å². The van der Waals surface area contributed by atoms with Gasteiger partial charge in [-0.1, -0.05) is 17.7 Å². The van der Waals surface area contributed by atoms with Gasteiger partial charge in [0.25, 0.3) is 0 Å². The minimum absolute atomic E-state index is 0.0215. The number of amides is 2. The summed E-state index contributed by atoms with van der Waals surface area (Å²) in [4.78, 5) is 40.3. The lowest BCUT2D eigenvalue weighted by molar-refractivity contribution is -0.169. The highest BCUT2D eigenvalue weighted by Gasteiger charge is 2.37. The van der Waals surface area contributed by atoms with Crippen LogP contribution in [-0.2, 0) is 14.3 Å². The highest BCUT2D eigenvalue weighted by atomic mass is 35.5. The third-order valence-corrected chi connectivity index (χ3v) is 6.11. The Morgan fingerprint density at radius 3 is 2.54 bits per heavy atom. The van der Waals surface area contributed by atoms with E-state index in [4.69, 9.17) is 21.1 Å². The Hall–Kier alpha value is -3.21. The van der Waals surface area contributed by atoms with Crippen LogP contribution in [-0.4, -0.2) is 73.6 Å². The molecule has 0 radical (unpaired) electrons. The molecule has 2 aromatic rings. The summed E-state index contributed by atoms with van der Waals surface area (Å²) in [5, 5.41) is 11.2. The monoisotopic (exact) mass is 505 g/mol. The second-order valence-electron chi connectivity index (χ2n) is 8.23. The number of morpholine rings is 1. The zero-order chi connectivity index (χ0) is 24.9. The van der Waals surface area contributed by atoms with Crippen LogP contribution in [0.5, 0.6) is 0 Å². The Bertz CT molecular complexity index is 1090. The number of anilines is 2. The maximum atomic E-state index is 14.7. The lowest BCUT2D eigenvalue weighted by Gasteiger charge is -2.32. The van der Waals surface area contributed by atoms with Gasteiger partial charge in [0.2, 0.25) is 5.91 Å². The number of carbonyl (C=O) groups excluding carboxylic acids is 3. The van der Waals surface area contributed by atoms with Gasteiger partial charge in [0.05, 0.1) is 37.7 Å². The van der Waals surface area contributed by atoms with Crippen LogP contribution in [0.15, 0.2) is 42.5 Å². The molecule has 1 N–H and O–H groups in total. The first-order valence-electron chi connectivity index (χ1n) is 11.2. The smallest absolute Gasteiger partial charge is 0.414 e. The topological polar surface area (TPSA) is 99.6 Å². The molecule has 2 aromatic carbocycles. The average molecular weight is 506 g/mol. The van der Waals surface area contributed by atoms with Gasteiger partial charge in [-0.25, -0.2) is 14.2 Å². The molecule has 9 nitrogen and oxygen atoms in total. The molecule has 0 aromatic heterocycles. The van der Waals surface area contributed by atoms with Gasteiger partial charge in [-0.3, -0.25) is 19.7 Å². The number of nitrogens with zero attached hydrogens (tertiary/aromatic N) is 3. The molecule has 35 heavy (non-hydrogen) atoms. The summed E-state index contributed by atoms with van der Waals surface area (Å²) in [5.74, 6) is -1.41. The first-order valence-corrected chi connectivity index (χ1v) is 11.6.